The third kappa shape index (κ3) is 4.76. The molecule has 5 rings (SSSR count). The van der Waals surface area contributed by atoms with E-state index in [0.717, 1.165) is 28.3 Å². The van der Waals surface area contributed by atoms with Crippen LogP contribution >= 0.6 is 11.3 Å². The first-order valence-corrected chi connectivity index (χ1v) is 13.2. The highest BCUT2D eigenvalue weighted by Crippen LogP contribution is 2.39. The van der Waals surface area contributed by atoms with E-state index in [-0.39, 0.29) is 23.0 Å². The van der Waals surface area contributed by atoms with Gasteiger partial charge in [-0.15, -0.1) is 0 Å². The minimum Gasteiger partial charge on any atom is -0.497 e. The third-order valence-electron chi connectivity index (χ3n) is 6.66. The first kappa shape index (κ1) is 26.2. The van der Waals surface area contributed by atoms with Crippen LogP contribution in [0.15, 0.2) is 42.5 Å². The summed E-state index contributed by atoms with van der Waals surface area (Å²) in [5.41, 5.74) is 1.16. The lowest BCUT2D eigenvalue weighted by atomic mass is 10.1. The van der Waals surface area contributed by atoms with Gasteiger partial charge in [0.1, 0.15) is 5.75 Å². The molecular formula is C27H28F3N5O2S. The number of nitrogens with one attached hydrogen (secondary N) is 1. The zero-order valence-corrected chi connectivity index (χ0v) is 22.3. The number of ether oxygens (including phenoxy) is 1. The van der Waals surface area contributed by atoms with E-state index in [2.05, 4.69) is 24.3 Å². The number of thiazole rings is 1. The fourth-order valence-corrected chi connectivity index (χ4v) is 5.71. The van der Waals surface area contributed by atoms with Crippen LogP contribution in [0.4, 0.5) is 13.2 Å². The molecule has 1 unspecified atom stereocenters. The molecule has 1 atom stereocenters. The van der Waals surface area contributed by atoms with E-state index in [1.165, 1.54) is 22.1 Å². The average Bonchev–Trinajstić information content (AvgIpc) is 3.50. The fourth-order valence-electron chi connectivity index (χ4n) is 4.66. The molecule has 1 aliphatic heterocycles. The highest BCUT2D eigenvalue weighted by Gasteiger charge is 2.34. The Hall–Kier alpha value is -3.44. The smallest absolute Gasteiger partial charge is 0.416 e. The van der Waals surface area contributed by atoms with Gasteiger partial charge in [0.25, 0.3) is 5.91 Å². The molecule has 1 saturated heterocycles. The molecule has 1 fully saturated rings. The second-order valence-electron chi connectivity index (χ2n) is 9.64. The Bertz CT molecular complexity index is 1490. The van der Waals surface area contributed by atoms with E-state index in [1.54, 1.807) is 12.0 Å². The van der Waals surface area contributed by atoms with Crippen LogP contribution in [0.2, 0.25) is 0 Å². The Balaban J connectivity index is 1.69. The zero-order chi connectivity index (χ0) is 27.2. The molecule has 38 heavy (non-hydrogen) atoms. The molecule has 1 amide bonds. The molecule has 3 heterocycles. The maximum Gasteiger partial charge on any atom is 0.416 e. The molecule has 4 aromatic rings. The topological polar surface area (TPSA) is 72.3 Å². The number of fused-ring (bicyclic) bond motifs is 1. The van der Waals surface area contributed by atoms with Crippen molar-refractivity contribution < 1.29 is 22.7 Å². The van der Waals surface area contributed by atoms with E-state index in [9.17, 15) is 18.0 Å². The van der Waals surface area contributed by atoms with Crippen LogP contribution in [0, 0.1) is 0 Å². The van der Waals surface area contributed by atoms with Gasteiger partial charge in [-0.1, -0.05) is 37.3 Å². The van der Waals surface area contributed by atoms with Crippen LogP contribution < -0.4 is 10.1 Å². The lowest BCUT2D eigenvalue weighted by molar-refractivity contribution is -0.137. The zero-order valence-electron chi connectivity index (χ0n) is 21.5. The van der Waals surface area contributed by atoms with Gasteiger partial charge in [-0.3, -0.25) is 4.79 Å². The number of amides is 1. The molecule has 0 bridgehead atoms. The maximum atomic E-state index is 13.6. The highest BCUT2D eigenvalue weighted by molar-refractivity contribution is 7.14. The van der Waals surface area contributed by atoms with Crippen LogP contribution in [0.5, 0.6) is 5.75 Å². The minimum atomic E-state index is -4.55. The van der Waals surface area contributed by atoms with E-state index in [1.807, 2.05) is 31.2 Å². The second-order valence-corrected chi connectivity index (χ2v) is 10.6. The Kier molecular flexibility index (Phi) is 6.91. The summed E-state index contributed by atoms with van der Waals surface area (Å²) < 4.78 is 47.8. The summed E-state index contributed by atoms with van der Waals surface area (Å²) in [4.78, 5) is 21.1. The average molecular weight is 544 g/mol. The molecule has 0 aliphatic carbocycles. The number of methoxy groups -OCH3 is 1. The number of carbonyl (C=O) groups excluding carboxylic acids is 1. The summed E-state index contributed by atoms with van der Waals surface area (Å²) in [6.07, 6.45) is -4.55. The quantitative estimate of drug-likeness (QED) is 0.348. The second kappa shape index (κ2) is 10.0. The first-order valence-electron chi connectivity index (χ1n) is 12.4. The Morgan fingerprint density at radius 2 is 2.00 bits per heavy atom. The summed E-state index contributed by atoms with van der Waals surface area (Å²) in [6, 6.07) is 10.8. The lowest BCUT2D eigenvalue weighted by Gasteiger charge is -2.33. The maximum absolute atomic E-state index is 13.6. The van der Waals surface area contributed by atoms with Crippen molar-refractivity contribution >= 4 is 28.1 Å². The Labute approximate surface area is 222 Å². The monoisotopic (exact) mass is 543 g/mol. The van der Waals surface area contributed by atoms with Gasteiger partial charge in [-0.25, -0.2) is 9.67 Å². The predicted octanol–water partition coefficient (Wildman–Crippen LogP) is 5.73. The van der Waals surface area contributed by atoms with Crippen molar-refractivity contribution in [1.29, 1.82) is 0 Å². The number of alkyl halides is 3. The first-order chi connectivity index (χ1) is 18.1. The number of piperazine rings is 1. The van der Waals surface area contributed by atoms with Gasteiger partial charge in [0.05, 0.1) is 23.9 Å². The molecular weight excluding hydrogens is 515 g/mol. The van der Waals surface area contributed by atoms with Gasteiger partial charge in [0, 0.05) is 41.5 Å². The lowest BCUT2D eigenvalue weighted by Crippen LogP contribution is -2.52. The number of carbonyl (C=O) groups is 1. The van der Waals surface area contributed by atoms with Crippen molar-refractivity contribution in [3.05, 3.63) is 58.6 Å². The highest BCUT2D eigenvalue weighted by atomic mass is 32.1. The number of halogens is 3. The number of aromatic nitrogens is 3. The SMILES string of the molecule is COc1cccc(-c2nc(-n3nc(C(=O)N4CCNCC4C)c4cc(C(F)(F)F)ccc43)sc2C(C)C)c1. The summed E-state index contributed by atoms with van der Waals surface area (Å²) >= 11 is 1.41. The van der Waals surface area contributed by atoms with Gasteiger partial charge >= 0.3 is 6.18 Å². The van der Waals surface area contributed by atoms with E-state index in [0.29, 0.717) is 36.0 Å². The van der Waals surface area contributed by atoms with Gasteiger partial charge in [0.2, 0.25) is 5.13 Å². The number of benzene rings is 2. The molecule has 7 nitrogen and oxygen atoms in total. The number of hydrogen-bond acceptors (Lipinski definition) is 6. The predicted molar refractivity (Wildman–Crippen MR) is 141 cm³/mol. The van der Waals surface area contributed by atoms with Crippen LogP contribution in [0.1, 0.15) is 47.6 Å². The Morgan fingerprint density at radius 1 is 1.21 bits per heavy atom. The van der Waals surface area contributed by atoms with Gasteiger partial charge in [-0.2, -0.15) is 18.3 Å². The van der Waals surface area contributed by atoms with Crippen molar-refractivity contribution in [3.8, 4) is 22.1 Å². The van der Waals surface area contributed by atoms with Crippen molar-refractivity contribution in [3.63, 3.8) is 0 Å². The summed E-state index contributed by atoms with van der Waals surface area (Å²) in [7, 11) is 1.60. The summed E-state index contributed by atoms with van der Waals surface area (Å²) in [5.74, 6) is 0.425. The van der Waals surface area contributed by atoms with Gasteiger partial charge < -0.3 is 15.0 Å². The molecule has 0 spiro atoms. The third-order valence-corrected chi connectivity index (χ3v) is 7.99. The molecule has 2 aromatic carbocycles. The summed E-state index contributed by atoms with van der Waals surface area (Å²) in [5, 5.41) is 8.45. The molecule has 0 saturated carbocycles. The van der Waals surface area contributed by atoms with Crippen molar-refractivity contribution in [2.75, 3.05) is 26.7 Å². The fraction of sp³-hybridized carbons (Fsp3) is 0.370. The number of hydrogen-bond donors (Lipinski definition) is 1. The van der Waals surface area contributed by atoms with Crippen molar-refractivity contribution in [2.24, 2.45) is 0 Å². The molecule has 11 heteroatoms. The van der Waals surface area contributed by atoms with Crippen molar-refractivity contribution in [1.82, 2.24) is 25.0 Å². The van der Waals surface area contributed by atoms with Crippen molar-refractivity contribution in [2.45, 2.75) is 38.9 Å². The molecule has 1 N–H and O–H groups in total. The van der Waals surface area contributed by atoms with E-state index < -0.39 is 17.6 Å². The van der Waals surface area contributed by atoms with Crippen LogP contribution in [0.25, 0.3) is 27.3 Å². The van der Waals surface area contributed by atoms with Crippen LogP contribution in [0.3, 0.4) is 0 Å². The minimum absolute atomic E-state index is 0.0101. The summed E-state index contributed by atoms with van der Waals surface area (Å²) in [6.45, 7) is 7.67. The van der Waals surface area contributed by atoms with E-state index >= 15 is 0 Å². The van der Waals surface area contributed by atoms with Crippen LogP contribution in [-0.2, 0) is 6.18 Å². The number of nitrogens with zero attached hydrogens (tertiary/aromatic N) is 4. The molecule has 1 aliphatic rings. The number of rotatable bonds is 5. The molecule has 2 aromatic heterocycles. The molecule has 0 radical (unpaired) electrons. The van der Waals surface area contributed by atoms with Crippen LogP contribution in [-0.4, -0.2) is 58.4 Å². The van der Waals surface area contributed by atoms with E-state index in [4.69, 9.17) is 9.72 Å². The Morgan fingerprint density at radius 3 is 2.68 bits per heavy atom. The van der Waals surface area contributed by atoms with Gasteiger partial charge in [0.15, 0.2) is 5.69 Å². The largest absolute Gasteiger partial charge is 0.497 e. The molecule has 200 valence electrons. The standard InChI is InChI=1S/C27H28F3N5O2S/c1-15(2)24-22(17-6-5-7-19(12-17)37-4)32-26(38-24)35-21-9-8-18(27(28,29)30)13-20(21)23(33-35)25(36)34-11-10-31-14-16(34)3/h5-9,12-13,15-16,31H,10-11,14H2,1-4H3. The normalized spacial score (nSPS) is 16.4. The van der Waals surface area contributed by atoms with Gasteiger partial charge in [-0.05, 0) is 43.2 Å².